The summed E-state index contributed by atoms with van der Waals surface area (Å²) in [5.41, 5.74) is 7.36. The van der Waals surface area contributed by atoms with Crippen LogP contribution in [0.5, 0.6) is 0 Å². The fraction of sp³-hybridized carbons (Fsp3) is 0.100. The highest BCUT2D eigenvalue weighted by Crippen LogP contribution is 2.25. The molecule has 3 N–H and O–H groups in total. The molecule has 4 aromatic rings. The van der Waals surface area contributed by atoms with Crippen LogP contribution in [0.2, 0.25) is 0 Å². The first kappa shape index (κ1) is 19.4. The fourth-order valence-electron chi connectivity index (χ4n) is 3.00. The maximum atomic E-state index is 14.8. The summed E-state index contributed by atoms with van der Waals surface area (Å²) in [6.07, 6.45) is 3.03. The van der Waals surface area contributed by atoms with E-state index < -0.39 is 11.5 Å². The van der Waals surface area contributed by atoms with Crippen LogP contribution in [0.4, 0.5) is 8.78 Å². The van der Waals surface area contributed by atoms with Gasteiger partial charge < -0.3 is 10.7 Å². The van der Waals surface area contributed by atoms with Crippen molar-refractivity contribution in [2.45, 2.75) is 6.54 Å². The van der Waals surface area contributed by atoms with Crippen molar-refractivity contribution in [1.29, 1.82) is 0 Å². The molecule has 0 unspecified atom stereocenters. The van der Waals surface area contributed by atoms with Gasteiger partial charge in [0.2, 0.25) is 0 Å². The second kappa shape index (κ2) is 8.21. The van der Waals surface area contributed by atoms with E-state index in [0.717, 1.165) is 20.4 Å². The maximum absolute atomic E-state index is 14.8. The number of nitrogens with zero attached hydrogens (tertiary/aromatic N) is 5. The normalized spacial score (nSPS) is 11.8. The molecular formula is C20H17F2N7O. The van der Waals surface area contributed by atoms with E-state index in [2.05, 4.69) is 20.3 Å². The van der Waals surface area contributed by atoms with E-state index >= 15 is 0 Å². The monoisotopic (exact) mass is 409 g/mol. The summed E-state index contributed by atoms with van der Waals surface area (Å²) < 4.78 is 29.6. The zero-order valence-corrected chi connectivity index (χ0v) is 15.7. The van der Waals surface area contributed by atoms with Gasteiger partial charge >= 0.3 is 5.69 Å². The molecule has 2 heterocycles. The zero-order chi connectivity index (χ0) is 21.1. The van der Waals surface area contributed by atoms with Gasteiger partial charge in [0.15, 0.2) is 5.82 Å². The topological polar surface area (TPSA) is 107 Å². The lowest BCUT2D eigenvalue weighted by molar-refractivity contribution is 0.602. The summed E-state index contributed by atoms with van der Waals surface area (Å²) in [6, 6.07) is 11.9. The lowest BCUT2D eigenvalue weighted by atomic mass is 10.0. The van der Waals surface area contributed by atoms with E-state index in [-0.39, 0.29) is 24.4 Å². The highest BCUT2D eigenvalue weighted by Gasteiger charge is 2.13. The minimum atomic E-state index is -0.592. The molecule has 0 aliphatic rings. The molecule has 0 saturated carbocycles. The zero-order valence-electron chi connectivity index (χ0n) is 15.7. The second-order valence-corrected chi connectivity index (χ2v) is 6.49. The van der Waals surface area contributed by atoms with Crippen LogP contribution in [0, 0.1) is 5.82 Å². The average Bonchev–Trinajstić information content (AvgIpc) is 3.43. The standard InChI is InChI=1S/C20H17F2N7O/c21-8-13(9-23)10-29-20(30)28(12-26-29)18-6-5-16(7-17(18)22)14-1-3-15(4-2-14)19-24-11-25-27-19/h1-8,11-12H,9-10,23H2,(H,24,25,27)/b13-8+. The SMILES string of the molecule is NC/C(=C\F)Cn1ncn(-c2ccc(-c3ccc(-c4nnc[nH]4)cc3)cc2F)c1=O. The van der Waals surface area contributed by atoms with E-state index in [0.29, 0.717) is 17.7 Å². The Morgan fingerprint density at radius 2 is 1.87 bits per heavy atom. The molecule has 0 aliphatic carbocycles. The molecule has 30 heavy (non-hydrogen) atoms. The Labute approximate surface area is 169 Å². The Morgan fingerprint density at radius 1 is 1.13 bits per heavy atom. The third-order valence-corrected chi connectivity index (χ3v) is 4.62. The van der Waals surface area contributed by atoms with Gasteiger partial charge in [-0.3, -0.25) is 0 Å². The van der Waals surface area contributed by atoms with Crippen LogP contribution < -0.4 is 11.4 Å². The average molecular weight is 409 g/mol. The molecule has 2 aromatic carbocycles. The van der Waals surface area contributed by atoms with Crippen LogP contribution in [-0.4, -0.2) is 36.1 Å². The predicted octanol–water partition coefficient (Wildman–Crippen LogP) is 2.44. The lowest BCUT2D eigenvalue weighted by Crippen LogP contribution is -2.26. The summed E-state index contributed by atoms with van der Waals surface area (Å²) in [4.78, 5) is 15.4. The number of aromatic amines is 1. The molecule has 2 aromatic heterocycles. The minimum Gasteiger partial charge on any atom is -0.328 e. The summed E-state index contributed by atoms with van der Waals surface area (Å²) in [5, 5.41) is 11.6. The molecular weight excluding hydrogens is 392 g/mol. The first-order valence-corrected chi connectivity index (χ1v) is 9.00. The highest BCUT2D eigenvalue weighted by atomic mass is 19.1. The third kappa shape index (κ3) is 3.67. The first-order valence-electron chi connectivity index (χ1n) is 9.00. The quantitative estimate of drug-likeness (QED) is 0.509. The number of aromatic nitrogens is 6. The van der Waals surface area contributed by atoms with Crippen molar-refractivity contribution >= 4 is 0 Å². The Morgan fingerprint density at radius 3 is 2.50 bits per heavy atom. The number of rotatable bonds is 6. The van der Waals surface area contributed by atoms with Crippen LogP contribution in [0.25, 0.3) is 28.2 Å². The van der Waals surface area contributed by atoms with E-state index in [4.69, 9.17) is 5.73 Å². The van der Waals surface area contributed by atoms with Crippen molar-refractivity contribution in [2.75, 3.05) is 6.54 Å². The summed E-state index contributed by atoms with van der Waals surface area (Å²) in [7, 11) is 0. The van der Waals surface area contributed by atoms with Crippen LogP contribution in [0.15, 0.2) is 71.8 Å². The third-order valence-electron chi connectivity index (χ3n) is 4.62. The summed E-state index contributed by atoms with van der Waals surface area (Å²) in [6.45, 7) is -0.149. The number of hydrogen-bond donors (Lipinski definition) is 2. The van der Waals surface area contributed by atoms with Gasteiger partial charge in [0.05, 0.1) is 18.6 Å². The molecule has 0 amide bonds. The molecule has 0 spiro atoms. The highest BCUT2D eigenvalue weighted by molar-refractivity contribution is 5.68. The largest absolute Gasteiger partial charge is 0.350 e. The van der Waals surface area contributed by atoms with E-state index in [9.17, 15) is 13.6 Å². The van der Waals surface area contributed by atoms with Gasteiger partial charge in [0.1, 0.15) is 18.5 Å². The Balaban J connectivity index is 1.61. The number of hydrogen-bond acceptors (Lipinski definition) is 5. The number of benzene rings is 2. The van der Waals surface area contributed by atoms with Crippen molar-refractivity contribution < 1.29 is 8.78 Å². The van der Waals surface area contributed by atoms with E-state index in [1.54, 1.807) is 6.07 Å². The van der Waals surface area contributed by atoms with Crippen molar-refractivity contribution in [2.24, 2.45) is 5.73 Å². The van der Waals surface area contributed by atoms with Crippen LogP contribution >= 0.6 is 0 Å². The molecule has 0 radical (unpaired) electrons. The van der Waals surface area contributed by atoms with Crippen molar-refractivity contribution in [3.05, 3.63) is 83.3 Å². The Bertz CT molecular complexity index is 1240. The predicted molar refractivity (Wildman–Crippen MR) is 107 cm³/mol. The molecule has 10 heteroatoms. The summed E-state index contributed by atoms with van der Waals surface area (Å²) >= 11 is 0. The van der Waals surface area contributed by atoms with Crippen molar-refractivity contribution in [1.82, 2.24) is 29.5 Å². The van der Waals surface area contributed by atoms with Gasteiger partial charge in [-0.15, -0.1) is 10.2 Å². The molecule has 0 bridgehead atoms. The van der Waals surface area contributed by atoms with Crippen molar-refractivity contribution in [3.63, 3.8) is 0 Å². The van der Waals surface area contributed by atoms with Gasteiger partial charge in [-0.2, -0.15) is 5.10 Å². The number of H-pyrrole nitrogens is 1. The fourth-order valence-corrected chi connectivity index (χ4v) is 3.00. The lowest BCUT2D eigenvalue weighted by Gasteiger charge is -2.07. The molecule has 0 saturated heterocycles. The molecule has 0 fully saturated rings. The Kier molecular flexibility index (Phi) is 5.31. The summed E-state index contributed by atoms with van der Waals surface area (Å²) in [5.74, 6) is 0.0495. The van der Waals surface area contributed by atoms with E-state index in [1.165, 1.54) is 24.8 Å². The number of nitrogens with one attached hydrogen (secondary N) is 1. The van der Waals surface area contributed by atoms with Crippen LogP contribution in [0.3, 0.4) is 0 Å². The Hall–Kier alpha value is -3.92. The van der Waals surface area contributed by atoms with Gasteiger partial charge in [-0.05, 0) is 28.8 Å². The van der Waals surface area contributed by atoms with Gasteiger partial charge in [-0.25, -0.2) is 22.8 Å². The smallest absolute Gasteiger partial charge is 0.328 e. The molecule has 4 rings (SSSR count). The van der Waals surface area contributed by atoms with Gasteiger partial charge in [0.25, 0.3) is 0 Å². The molecule has 152 valence electrons. The molecule has 8 nitrogen and oxygen atoms in total. The van der Waals surface area contributed by atoms with Gasteiger partial charge in [0, 0.05) is 12.1 Å². The number of halogens is 2. The number of nitrogens with two attached hydrogens (primary N) is 1. The van der Waals surface area contributed by atoms with Crippen LogP contribution in [-0.2, 0) is 6.54 Å². The molecule has 0 aliphatic heterocycles. The van der Waals surface area contributed by atoms with E-state index in [1.807, 2.05) is 24.3 Å². The van der Waals surface area contributed by atoms with Gasteiger partial charge in [-0.1, -0.05) is 30.3 Å². The van der Waals surface area contributed by atoms with Crippen LogP contribution in [0.1, 0.15) is 0 Å². The maximum Gasteiger partial charge on any atom is 0.350 e. The van der Waals surface area contributed by atoms with Crippen molar-refractivity contribution in [3.8, 4) is 28.2 Å². The second-order valence-electron chi connectivity index (χ2n) is 6.49. The first-order chi connectivity index (χ1) is 14.6. The molecule has 0 atom stereocenters. The minimum absolute atomic E-state index is 0.0475.